The summed E-state index contributed by atoms with van der Waals surface area (Å²) < 4.78 is 1.99. The molecule has 122 valence electrons. The molecule has 0 radical (unpaired) electrons. The summed E-state index contributed by atoms with van der Waals surface area (Å²) in [5, 5.41) is 10.3. The fourth-order valence-corrected chi connectivity index (χ4v) is 3.26. The first-order valence-electron chi connectivity index (χ1n) is 7.64. The van der Waals surface area contributed by atoms with Crippen molar-refractivity contribution in [3.8, 4) is 0 Å². The number of nitrogens with zero attached hydrogens (tertiary/aromatic N) is 1. The fraction of sp³-hybridized carbons (Fsp3) is 0.158. The van der Waals surface area contributed by atoms with Crippen molar-refractivity contribution >= 4 is 22.8 Å². The van der Waals surface area contributed by atoms with Gasteiger partial charge in [-0.1, -0.05) is 30.3 Å². The van der Waals surface area contributed by atoms with Gasteiger partial charge in [0, 0.05) is 22.2 Å². The predicted molar refractivity (Wildman–Crippen MR) is 92.4 cm³/mol. The van der Waals surface area contributed by atoms with Crippen LogP contribution in [0, 0.1) is 6.92 Å². The van der Waals surface area contributed by atoms with Crippen molar-refractivity contribution in [2.45, 2.75) is 19.9 Å². The largest absolute Gasteiger partial charge is 0.478 e. The minimum Gasteiger partial charge on any atom is -0.478 e. The molecule has 3 rings (SSSR count). The summed E-state index contributed by atoms with van der Waals surface area (Å²) >= 11 is 0. The Bertz CT molecular complexity index is 956. The Morgan fingerprint density at radius 2 is 1.83 bits per heavy atom. The van der Waals surface area contributed by atoms with Crippen molar-refractivity contribution in [2.75, 3.05) is 0 Å². The van der Waals surface area contributed by atoms with Crippen LogP contribution in [0.15, 0.2) is 48.5 Å². The van der Waals surface area contributed by atoms with Crippen molar-refractivity contribution in [1.29, 1.82) is 0 Å². The van der Waals surface area contributed by atoms with E-state index in [-0.39, 0.29) is 6.04 Å². The number of hydrogen-bond donors (Lipinski definition) is 2. The summed E-state index contributed by atoms with van der Waals surface area (Å²) in [6.07, 6.45) is 0. The second-order valence-electron chi connectivity index (χ2n) is 5.82. The van der Waals surface area contributed by atoms with Crippen LogP contribution in [0.2, 0.25) is 0 Å². The van der Waals surface area contributed by atoms with Crippen LogP contribution in [-0.2, 0) is 0 Å². The number of aromatic carboxylic acids is 1. The molecular weight excluding hydrogens is 304 g/mol. The van der Waals surface area contributed by atoms with Crippen LogP contribution < -0.4 is 5.73 Å². The van der Waals surface area contributed by atoms with E-state index in [1.54, 1.807) is 25.1 Å². The summed E-state index contributed by atoms with van der Waals surface area (Å²) in [5.74, 6) is -1.43. The van der Waals surface area contributed by atoms with Crippen molar-refractivity contribution < 1.29 is 14.7 Å². The summed E-state index contributed by atoms with van der Waals surface area (Å²) in [6, 6.07) is 14.4. The Hall–Kier alpha value is -3.08. The Labute approximate surface area is 139 Å². The molecule has 0 saturated carbocycles. The number of benzene rings is 2. The molecule has 3 aromatic rings. The van der Waals surface area contributed by atoms with Gasteiger partial charge >= 0.3 is 5.97 Å². The van der Waals surface area contributed by atoms with Crippen LogP contribution in [0.25, 0.3) is 10.9 Å². The number of hydrogen-bond acceptors (Lipinski definition) is 2. The molecule has 0 aliphatic rings. The number of carboxylic acid groups (broad SMARTS) is 1. The van der Waals surface area contributed by atoms with Gasteiger partial charge in [-0.2, -0.15) is 0 Å². The first-order chi connectivity index (χ1) is 11.4. The van der Waals surface area contributed by atoms with Crippen molar-refractivity contribution in [1.82, 2.24) is 4.57 Å². The highest BCUT2D eigenvalue weighted by atomic mass is 16.4. The molecule has 3 N–H and O–H groups in total. The average molecular weight is 322 g/mol. The normalized spacial score (nSPS) is 12.2. The molecule has 2 aromatic carbocycles. The Balaban J connectivity index is 2.22. The quantitative estimate of drug-likeness (QED) is 0.772. The maximum atomic E-state index is 11.7. The van der Waals surface area contributed by atoms with Crippen LogP contribution >= 0.6 is 0 Å². The van der Waals surface area contributed by atoms with E-state index < -0.39 is 11.9 Å². The van der Waals surface area contributed by atoms with Gasteiger partial charge in [0.15, 0.2) is 0 Å². The van der Waals surface area contributed by atoms with Crippen LogP contribution in [0.1, 0.15) is 44.9 Å². The lowest BCUT2D eigenvalue weighted by molar-refractivity contribution is 0.0697. The highest BCUT2D eigenvalue weighted by molar-refractivity contribution is 6.05. The van der Waals surface area contributed by atoms with Gasteiger partial charge in [-0.05, 0) is 37.6 Å². The number of fused-ring (bicyclic) bond motifs is 1. The molecule has 0 bridgehead atoms. The van der Waals surface area contributed by atoms with Gasteiger partial charge in [-0.3, -0.25) is 4.79 Å². The smallest absolute Gasteiger partial charge is 0.338 e. The third-order valence-electron chi connectivity index (χ3n) is 4.41. The van der Waals surface area contributed by atoms with Gasteiger partial charge in [0.2, 0.25) is 5.91 Å². The number of carboxylic acids is 1. The predicted octanol–water partition coefficient (Wildman–Crippen LogP) is 3.36. The minimum atomic E-state index is -0.944. The van der Waals surface area contributed by atoms with E-state index in [0.29, 0.717) is 22.2 Å². The zero-order valence-electron chi connectivity index (χ0n) is 13.5. The molecule has 1 heterocycles. The molecule has 1 amide bonds. The number of amides is 1. The SMILES string of the molecule is Cc1c(C(=O)O)c2ccccc2n1C(C)c1cccc(C(N)=O)c1. The minimum absolute atomic E-state index is 0.137. The molecule has 24 heavy (non-hydrogen) atoms. The molecule has 1 atom stereocenters. The molecule has 0 aliphatic carbocycles. The third kappa shape index (κ3) is 2.44. The van der Waals surface area contributed by atoms with Crippen LogP contribution in [-0.4, -0.2) is 21.6 Å². The van der Waals surface area contributed by atoms with Gasteiger partial charge in [0.05, 0.1) is 11.6 Å². The molecule has 1 unspecified atom stereocenters. The number of para-hydroxylation sites is 1. The van der Waals surface area contributed by atoms with Gasteiger partial charge in [0.25, 0.3) is 0 Å². The molecular formula is C19H18N2O3. The van der Waals surface area contributed by atoms with E-state index in [1.165, 1.54) is 0 Å². The number of primary amides is 1. The summed E-state index contributed by atoms with van der Waals surface area (Å²) in [6.45, 7) is 3.78. The number of nitrogens with two attached hydrogens (primary N) is 1. The first-order valence-corrected chi connectivity index (χ1v) is 7.64. The standard InChI is InChI=1S/C19H18N2O3/c1-11(13-6-5-7-14(10-13)18(20)22)21-12(2)17(19(23)24)15-8-3-4-9-16(15)21/h3-11H,1-2H3,(H2,20,22)(H,23,24). The molecule has 0 aliphatic heterocycles. The van der Waals surface area contributed by atoms with Crippen LogP contribution in [0.4, 0.5) is 0 Å². The van der Waals surface area contributed by atoms with E-state index in [2.05, 4.69) is 0 Å². The number of aromatic nitrogens is 1. The van der Waals surface area contributed by atoms with E-state index in [1.807, 2.05) is 41.8 Å². The molecule has 5 nitrogen and oxygen atoms in total. The molecule has 5 heteroatoms. The lowest BCUT2D eigenvalue weighted by atomic mass is 10.0. The van der Waals surface area contributed by atoms with Crippen LogP contribution in [0.3, 0.4) is 0 Å². The lowest BCUT2D eigenvalue weighted by Crippen LogP contribution is -2.13. The highest BCUT2D eigenvalue weighted by Gasteiger charge is 2.22. The van der Waals surface area contributed by atoms with Crippen molar-refractivity contribution in [3.63, 3.8) is 0 Å². The highest BCUT2D eigenvalue weighted by Crippen LogP contribution is 2.32. The number of rotatable bonds is 4. The monoisotopic (exact) mass is 322 g/mol. The maximum absolute atomic E-state index is 11.7. The fourth-order valence-electron chi connectivity index (χ4n) is 3.26. The summed E-state index contributed by atoms with van der Waals surface area (Å²) in [5.41, 5.74) is 8.54. The molecule has 0 saturated heterocycles. The molecule has 1 aromatic heterocycles. The van der Waals surface area contributed by atoms with E-state index in [4.69, 9.17) is 5.73 Å². The van der Waals surface area contributed by atoms with Gasteiger partial charge in [-0.25, -0.2) is 4.79 Å². The second-order valence-corrected chi connectivity index (χ2v) is 5.82. The van der Waals surface area contributed by atoms with Crippen LogP contribution in [0.5, 0.6) is 0 Å². The first kappa shape index (κ1) is 15.8. The Morgan fingerprint density at radius 1 is 1.12 bits per heavy atom. The molecule has 0 fully saturated rings. The Morgan fingerprint density at radius 3 is 2.50 bits per heavy atom. The molecule has 0 spiro atoms. The topological polar surface area (TPSA) is 85.3 Å². The number of carbonyl (C=O) groups is 2. The third-order valence-corrected chi connectivity index (χ3v) is 4.41. The van der Waals surface area contributed by atoms with E-state index >= 15 is 0 Å². The summed E-state index contributed by atoms with van der Waals surface area (Å²) in [7, 11) is 0. The Kier molecular flexibility index (Phi) is 3.85. The zero-order chi connectivity index (χ0) is 17.4. The summed E-state index contributed by atoms with van der Waals surface area (Å²) in [4.78, 5) is 23.1. The van der Waals surface area contributed by atoms with E-state index in [0.717, 1.165) is 11.1 Å². The van der Waals surface area contributed by atoms with E-state index in [9.17, 15) is 14.7 Å². The maximum Gasteiger partial charge on any atom is 0.338 e. The average Bonchev–Trinajstić information content (AvgIpc) is 2.86. The van der Waals surface area contributed by atoms with Crippen molar-refractivity contribution in [3.05, 3.63) is 70.9 Å². The van der Waals surface area contributed by atoms with Crippen molar-refractivity contribution in [2.24, 2.45) is 5.73 Å². The van der Waals surface area contributed by atoms with Gasteiger partial charge < -0.3 is 15.4 Å². The van der Waals surface area contributed by atoms with Gasteiger partial charge in [0.1, 0.15) is 0 Å². The zero-order valence-corrected chi connectivity index (χ0v) is 13.5. The number of carbonyl (C=O) groups excluding carboxylic acids is 1. The second kappa shape index (κ2) is 5.85. The van der Waals surface area contributed by atoms with Gasteiger partial charge in [-0.15, -0.1) is 0 Å². The lowest BCUT2D eigenvalue weighted by Gasteiger charge is -2.19.